The van der Waals surface area contributed by atoms with Gasteiger partial charge in [-0.15, -0.1) is 0 Å². The Morgan fingerprint density at radius 3 is 2.85 bits per heavy atom. The number of ether oxygens (including phenoxy) is 1. The molecule has 0 N–H and O–H groups in total. The highest BCUT2D eigenvalue weighted by Crippen LogP contribution is 2.31. The van der Waals surface area contributed by atoms with E-state index in [1.54, 1.807) is 23.3 Å². The highest BCUT2D eigenvalue weighted by Gasteiger charge is 2.26. The van der Waals surface area contributed by atoms with Gasteiger partial charge >= 0.3 is 5.69 Å². The predicted octanol–water partition coefficient (Wildman–Crippen LogP) is 3.62. The zero-order chi connectivity index (χ0) is 19.0. The van der Waals surface area contributed by atoms with Crippen LogP contribution in [-0.4, -0.2) is 35.7 Å². The van der Waals surface area contributed by atoms with Crippen LogP contribution in [0, 0.1) is 10.1 Å². The number of nitrogens with zero attached hydrogens (tertiary/aromatic N) is 6. The third kappa shape index (κ3) is 3.33. The number of hydrogen-bond donors (Lipinski definition) is 0. The number of imidazole rings is 1. The lowest BCUT2D eigenvalue weighted by Gasteiger charge is -2.22. The van der Waals surface area contributed by atoms with Crippen LogP contribution in [-0.2, 0) is 4.74 Å². The molecule has 3 aromatic rings. The van der Waals surface area contributed by atoms with Crippen LogP contribution in [0.1, 0.15) is 45.0 Å². The van der Waals surface area contributed by atoms with E-state index in [1.165, 1.54) is 6.20 Å². The monoisotopic (exact) mass is 368 g/mol. The molecule has 3 aromatic heterocycles. The Labute approximate surface area is 155 Å². The van der Waals surface area contributed by atoms with Crippen molar-refractivity contribution in [2.45, 2.75) is 39.3 Å². The van der Waals surface area contributed by atoms with Crippen LogP contribution < -0.4 is 0 Å². The first-order valence-electron chi connectivity index (χ1n) is 8.86. The second-order valence-corrected chi connectivity index (χ2v) is 6.83. The Morgan fingerprint density at radius 1 is 1.30 bits per heavy atom. The molecule has 0 amide bonds. The van der Waals surface area contributed by atoms with Gasteiger partial charge in [0.25, 0.3) is 0 Å². The summed E-state index contributed by atoms with van der Waals surface area (Å²) in [6.45, 7) is 4.63. The quantitative estimate of drug-likeness (QED) is 0.515. The minimum absolute atomic E-state index is 0.0834. The summed E-state index contributed by atoms with van der Waals surface area (Å²) in [6.07, 6.45) is 11.0. The molecule has 27 heavy (non-hydrogen) atoms. The van der Waals surface area contributed by atoms with Gasteiger partial charge in [-0.3, -0.25) is 14.5 Å². The molecule has 4 rings (SSSR count). The van der Waals surface area contributed by atoms with Crippen LogP contribution in [0.5, 0.6) is 0 Å². The summed E-state index contributed by atoms with van der Waals surface area (Å²) in [6, 6.07) is 0. The van der Waals surface area contributed by atoms with Crippen LogP contribution in [0.3, 0.4) is 0 Å². The summed E-state index contributed by atoms with van der Waals surface area (Å²) in [7, 11) is 0. The number of fused-ring (bicyclic) bond motifs is 1. The van der Waals surface area contributed by atoms with Gasteiger partial charge in [-0.25, -0.2) is 14.6 Å². The maximum atomic E-state index is 11.6. The fourth-order valence-corrected chi connectivity index (χ4v) is 3.21. The Morgan fingerprint density at radius 2 is 2.15 bits per heavy atom. The number of rotatable bonds is 4. The summed E-state index contributed by atoms with van der Waals surface area (Å²) in [4.78, 5) is 19.8. The van der Waals surface area contributed by atoms with Gasteiger partial charge in [-0.1, -0.05) is 5.57 Å². The molecule has 1 unspecified atom stereocenters. The lowest BCUT2D eigenvalue weighted by atomic mass is 10.2. The third-order valence-electron chi connectivity index (χ3n) is 4.46. The van der Waals surface area contributed by atoms with Gasteiger partial charge in [0, 0.05) is 12.8 Å². The largest absolute Gasteiger partial charge is 0.357 e. The van der Waals surface area contributed by atoms with Gasteiger partial charge in [0.1, 0.15) is 18.1 Å². The highest BCUT2D eigenvalue weighted by molar-refractivity contribution is 5.66. The maximum absolute atomic E-state index is 11.6. The molecule has 0 radical (unpaired) electrons. The van der Waals surface area contributed by atoms with Crippen LogP contribution in [0.25, 0.3) is 23.1 Å². The molecule has 1 fully saturated rings. The van der Waals surface area contributed by atoms with Crippen LogP contribution >= 0.6 is 0 Å². The molecule has 9 nitrogen and oxygen atoms in total. The van der Waals surface area contributed by atoms with Crippen molar-refractivity contribution < 1.29 is 9.66 Å². The van der Waals surface area contributed by atoms with Gasteiger partial charge in [-0.05, 0) is 39.2 Å². The first-order chi connectivity index (χ1) is 13.0. The summed E-state index contributed by atoms with van der Waals surface area (Å²) in [5.41, 5.74) is 3.24. The summed E-state index contributed by atoms with van der Waals surface area (Å²) in [5, 5.41) is 16.0. The molecular formula is C18H20N6O3. The lowest BCUT2D eigenvalue weighted by molar-refractivity contribution is -0.384. The van der Waals surface area contributed by atoms with E-state index < -0.39 is 4.92 Å². The van der Waals surface area contributed by atoms with Crippen molar-refractivity contribution in [3.05, 3.63) is 46.2 Å². The van der Waals surface area contributed by atoms with E-state index in [4.69, 9.17) is 4.74 Å². The average Bonchev–Trinajstić information content (AvgIpc) is 3.27. The Kier molecular flexibility index (Phi) is 4.44. The number of allylic oxidation sites excluding steroid dienone is 1. The van der Waals surface area contributed by atoms with E-state index in [2.05, 4.69) is 15.1 Å². The zero-order valence-electron chi connectivity index (χ0n) is 15.2. The predicted molar refractivity (Wildman–Crippen MR) is 99.0 cm³/mol. The number of nitro groups is 1. The minimum atomic E-state index is -0.432. The Balaban J connectivity index is 1.80. The van der Waals surface area contributed by atoms with E-state index in [0.29, 0.717) is 17.9 Å². The van der Waals surface area contributed by atoms with Gasteiger partial charge < -0.3 is 4.74 Å². The molecule has 0 bridgehead atoms. The molecule has 0 saturated carbocycles. The standard InChI is InChI=1S/C18H20N6O3/c1-12(2)7-13-8-20-16-9-19-14(10-22(13)16)18-15(24(25)26)11-23(21-18)17-5-3-4-6-27-17/h7-11,17H,3-6H2,1-2H3. The van der Waals surface area contributed by atoms with Crippen LogP contribution in [0.4, 0.5) is 5.69 Å². The first-order valence-corrected chi connectivity index (χ1v) is 8.86. The zero-order valence-corrected chi connectivity index (χ0v) is 15.2. The van der Waals surface area contributed by atoms with E-state index in [1.807, 2.05) is 24.3 Å². The van der Waals surface area contributed by atoms with Gasteiger partial charge in [-0.2, -0.15) is 5.10 Å². The molecule has 1 saturated heterocycles. The molecule has 0 spiro atoms. The molecule has 1 aliphatic heterocycles. The normalized spacial score (nSPS) is 17.2. The molecule has 0 aliphatic carbocycles. The minimum Gasteiger partial charge on any atom is -0.357 e. The fourth-order valence-electron chi connectivity index (χ4n) is 3.21. The van der Waals surface area contributed by atoms with E-state index in [0.717, 1.165) is 30.5 Å². The van der Waals surface area contributed by atoms with E-state index >= 15 is 0 Å². The third-order valence-corrected chi connectivity index (χ3v) is 4.46. The summed E-state index contributed by atoms with van der Waals surface area (Å²) >= 11 is 0. The highest BCUT2D eigenvalue weighted by atomic mass is 16.6. The first kappa shape index (κ1) is 17.3. The summed E-state index contributed by atoms with van der Waals surface area (Å²) in [5.74, 6) is 0. The van der Waals surface area contributed by atoms with Crippen molar-refractivity contribution in [3.63, 3.8) is 0 Å². The van der Waals surface area contributed by atoms with Crippen molar-refractivity contribution in [2.24, 2.45) is 0 Å². The van der Waals surface area contributed by atoms with Crippen molar-refractivity contribution in [1.82, 2.24) is 24.1 Å². The second kappa shape index (κ2) is 6.92. The molecule has 0 aromatic carbocycles. The topological polar surface area (TPSA) is 100 Å². The van der Waals surface area contributed by atoms with Crippen molar-refractivity contribution in [2.75, 3.05) is 6.61 Å². The van der Waals surface area contributed by atoms with E-state index in [9.17, 15) is 10.1 Å². The van der Waals surface area contributed by atoms with Crippen LogP contribution in [0.15, 0.2) is 30.4 Å². The maximum Gasteiger partial charge on any atom is 0.316 e. The summed E-state index contributed by atoms with van der Waals surface area (Å²) < 4.78 is 9.10. The molecule has 1 atom stereocenters. The average molecular weight is 368 g/mol. The lowest BCUT2D eigenvalue weighted by Crippen LogP contribution is -2.18. The van der Waals surface area contributed by atoms with Crippen molar-refractivity contribution in [3.8, 4) is 11.4 Å². The Hall–Kier alpha value is -3.07. The van der Waals surface area contributed by atoms with Gasteiger partial charge in [0.2, 0.25) is 0 Å². The molecular weight excluding hydrogens is 348 g/mol. The molecule has 140 valence electrons. The van der Waals surface area contributed by atoms with Gasteiger partial charge in [0.05, 0.1) is 23.0 Å². The number of hydrogen-bond acceptors (Lipinski definition) is 6. The van der Waals surface area contributed by atoms with E-state index in [-0.39, 0.29) is 17.6 Å². The molecule has 1 aliphatic rings. The van der Waals surface area contributed by atoms with Crippen LogP contribution in [0.2, 0.25) is 0 Å². The SMILES string of the molecule is CC(C)=Cc1cnc2cnc(-c3nn(C4CCCCO4)cc3[N+](=O)[O-])cn12. The second-order valence-electron chi connectivity index (χ2n) is 6.83. The smallest absolute Gasteiger partial charge is 0.316 e. The molecule has 9 heteroatoms. The Bertz CT molecular complexity index is 1030. The van der Waals surface area contributed by atoms with Gasteiger partial charge in [0.15, 0.2) is 11.3 Å². The number of aromatic nitrogens is 5. The fraction of sp³-hybridized carbons (Fsp3) is 0.389. The van der Waals surface area contributed by atoms with Crippen molar-refractivity contribution in [1.29, 1.82) is 0 Å². The molecule has 4 heterocycles. The van der Waals surface area contributed by atoms with Crippen molar-refractivity contribution >= 4 is 17.4 Å².